The van der Waals surface area contributed by atoms with Crippen LogP contribution < -0.4 is 0 Å². The Morgan fingerprint density at radius 3 is 2.50 bits per heavy atom. The fourth-order valence-electron chi connectivity index (χ4n) is 1.55. The predicted molar refractivity (Wildman–Crippen MR) is 41.9 cm³/mol. The van der Waals surface area contributed by atoms with Gasteiger partial charge in [-0.25, -0.2) is 0 Å². The lowest BCUT2D eigenvalue weighted by molar-refractivity contribution is 0.0209. The van der Waals surface area contributed by atoms with Gasteiger partial charge in [0.1, 0.15) is 0 Å². The molecule has 0 aliphatic carbocycles. The summed E-state index contributed by atoms with van der Waals surface area (Å²) in [5.41, 5.74) is 0. The Morgan fingerprint density at radius 1 is 1.70 bits per heavy atom. The largest absolute Gasteiger partial charge is 0.395 e. The van der Waals surface area contributed by atoms with Gasteiger partial charge in [0.25, 0.3) is 0 Å². The van der Waals surface area contributed by atoms with Gasteiger partial charge in [0.2, 0.25) is 0 Å². The van der Waals surface area contributed by atoms with Gasteiger partial charge in [-0.05, 0) is 19.8 Å². The SMILES string of the molecule is CC[C@@H](CO)N1CCC1C. The van der Waals surface area contributed by atoms with E-state index in [1.807, 2.05) is 0 Å². The van der Waals surface area contributed by atoms with Crippen LogP contribution in [0.1, 0.15) is 26.7 Å². The van der Waals surface area contributed by atoms with Crippen molar-refractivity contribution in [1.29, 1.82) is 0 Å². The fraction of sp³-hybridized carbons (Fsp3) is 1.00. The number of rotatable bonds is 3. The zero-order chi connectivity index (χ0) is 7.56. The third kappa shape index (κ3) is 1.32. The van der Waals surface area contributed by atoms with Gasteiger partial charge in [0.05, 0.1) is 6.61 Å². The number of nitrogens with zero attached hydrogens (tertiary/aromatic N) is 1. The molecule has 0 aromatic rings. The average molecular weight is 143 g/mol. The van der Waals surface area contributed by atoms with Gasteiger partial charge < -0.3 is 5.11 Å². The van der Waals surface area contributed by atoms with Gasteiger partial charge in [0.15, 0.2) is 0 Å². The highest BCUT2D eigenvalue weighted by atomic mass is 16.3. The molecule has 1 saturated heterocycles. The van der Waals surface area contributed by atoms with E-state index in [1.54, 1.807) is 0 Å². The molecule has 1 aliphatic rings. The van der Waals surface area contributed by atoms with Crippen LogP contribution in [0.5, 0.6) is 0 Å². The standard InChI is InChI=1S/C8H17NO/c1-3-8(6-10)9-5-4-7(9)2/h7-8,10H,3-6H2,1-2H3/t7?,8-/m0/s1. The van der Waals surface area contributed by atoms with Gasteiger partial charge in [-0.1, -0.05) is 6.92 Å². The van der Waals surface area contributed by atoms with Crippen molar-refractivity contribution in [2.75, 3.05) is 13.2 Å². The first-order chi connectivity index (χ1) is 4.79. The molecule has 0 amide bonds. The molecule has 1 aliphatic heterocycles. The van der Waals surface area contributed by atoms with Crippen molar-refractivity contribution in [2.45, 2.75) is 38.8 Å². The van der Waals surface area contributed by atoms with E-state index >= 15 is 0 Å². The number of hydrogen-bond donors (Lipinski definition) is 1. The van der Waals surface area contributed by atoms with Gasteiger partial charge >= 0.3 is 0 Å². The minimum atomic E-state index is 0.320. The summed E-state index contributed by atoms with van der Waals surface area (Å²) in [7, 11) is 0. The van der Waals surface area contributed by atoms with Crippen molar-refractivity contribution in [3.63, 3.8) is 0 Å². The second-order valence-electron chi connectivity index (χ2n) is 3.12. The van der Waals surface area contributed by atoms with Crippen LogP contribution in [0.15, 0.2) is 0 Å². The van der Waals surface area contributed by atoms with E-state index in [2.05, 4.69) is 18.7 Å². The summed E-state index contributed by atoms with van der Waals surface area (Å²) in [6.07, 6.45) is 2.37. The monoisotopic (exact) mass is 143 g/mol. The van der Waals surface area contributed by atoms with E-state index in [4.69, 9.17) is 5.11 Å². The van der Waals surface area contributed by atoms with E-state index in [0.29, 0.717) is 18.7 Å². The van der Waals surface area contributed by atoms with Crippen molar-refractivity contribution in [3.8, 4) is 0 Å². The van der Waals surface area contributed by atoms with Crippen LogP contribution in [0.3, 0.4) is 0 Å². The lowest BCUT2D eigenvalue weighted by atomic mass is 10.0. The lowest BCUT2D eigenvalue weighted by Gasteiger charge is -2.43. The molecule has 2 nitrogen and oxygen atoms in total. The highest BCUT2D eigenvalue weighted by Crippen LogP contribution is 2.20. The molecule has 0 spiro atoms. The Balaban J connectivity index is 2.31. The average Bonchev–Trinajstić information content (AvgIpc) is 1.96. The van der Waals surface area contributed by atoms with Crippen LogP contribution in [0, 0.1) is 0 Å². The Hall–Kier alpha value is -0.0800. The van der Waals surface area contributed by atoms with Gasteiger partial charge in [-0.15, -0.1) is 0 Å². The Bertz CT molecular complexity index is 98.7. The zero-order valence-electron chi connectivity index (χ0n) is 6.88. The van der Waals surface area contributed by atoms with Crippen LogP contribution in [-0.2, 0) is 0 Å². The maximum Gasteiger partial charge on any atom is 0.0586 e. The molecule has 2 atom stereocenters. The van der Waals surface area contributed by atoms with E-state index in [1.165, 1.54) is 13.0 Å². The second-order valence-corrected chi connectivity index (χ2v) is 3.12. The maximum absolute atomic E-state index is 8.94. The number of hydrogen-bond acceptors (Lipinski definition) is 2. The molecule has 1 N–H and O–H groups in total. The minimum Gasteiger partial charge on any atom is -0.395 e. The Kier molecular flexibility index (Phi) is 2.69. The molecule has 1 fully saturated rings. The summed E-state index contributed by atoms with van der Waals surface area (Å²) >= 11 is 0. The van der Waals surface area contributed by atoms with E-state index in [0.717, 1.165) is 6.42 Å². The quantitative estimate of drug-likeness (QED) is 0.633. The minimum absolute atomic E-state index is 0.320. The third-order valence-electron chi connectivity index (χ3n) is 2.52. The summed E-state index contributed by atoms with van der Waals surface area (Å²) in [5.74, 6) is 0. The van der Waals surface area contributed by atoms with E-state index < -0.39 is 0 Å². The summed E-state index contributed by atoms with van der Waals surface area (Å²) in [5, 5.41) is 8.94. The number of aliphatic hydroxyl groups excluding tert-OH is 1. The second kappa shape index (κ2) is 3.35. The highest BCUT2D eigenvalue weighted by molar-refractivity contribution is 4.84. The van der Waals surface area contributed by atoms with Crippen molar-refractivity contribution in [1.82, 2.24) is 4.90 Å². The van der Waals surface area contributed by atoms with Crippen LogP contribution in [-0.4, -0.2) is 35.2 Å². The molecular weight excluding hydrogens is 126 g/mol. The first-order valence-corrected chi connectivity index (χ1v) is 4.16. The van der Waals surface area contributed by atoms with Crippen molar-refractivity contribution >= 4 is 0 Å². The van der Waals surface area contributed by atoms with Crippen LogP contribution in [0.4, 0.5) is 0 Å². The molecule has 10 heavy (non-hydrogen) atoms. The molecule has 0 aromatic carbocycles. The van der Waals surface area contributed by atoms with Gasteiger partial charge in [0, 0.05) is 18.6 Å². The molecule has 0 saturated carbocycles. The molecule has 1 rings (SSSR count). The molecule has 0 aromatic heterocycles. The van der Waals surface area contributed by atoms with Crippen LogP contribution in [0.2, 0.25) is 0 Å². The van der Waals surface area contributed by atoms with Crippen molar-refractivity contribution < 1.29 is 5.11 Å². The first kappa shape index (κ1) is 8.02. The lowest BCUT2D eigenvalue weighted by Crippen LogP contribution is -2.52. The summed E-state index contributed by atoms with van der Waals surface area (Å²) in [6.45, 7) is 5.86. The molecule has 0 radical (unpaired) electrons. The molecule has 1 unspecified atom stereocenters. The predicted octanol–water partition coefficient (Wildman–Crippen LogP) is 0.852. The van der Waals surface area contributed by atoms with Crippen molar-refractivity contribution in [3.05, 3.63) is 0 Å². The van der Waals surface area contributed by atoms with Crippen molar-refractivity contribution in [2.24, 2.45) is 0 Å². The summed E-state index contributed by atoms with van der Waals surface area (Å²) < 4.78 is 0. The highest BCUT2D eigenvalue weighted by Gasteiger charge is 2.28. The maximum atomic E-state index is 8.94. The number of aliphatic hydroxyl groups is 1. The Morgan fingerprint density at radius 2 is 2.40 bits per heavy atom. The van der Waals surface area contributed by atoms with E-state index in [-0.39, 0.29) is 0 Å². The fourth-order valence-corrected chi connectivity index (χ4v) is 1.55. The molecular formula is C8H17NO. The third-order valence-corrected chi connectivity index (χ3v) is 2.52. The van der Waals surface area contributed by atoms with Crippen LogP contribution >= 0.6 is 0 Å². The van der Waals surface area contributed by atoms with Gasteiger partial charge in [-0.3, -0.25) is 4.90 Å². The molecule has 60 valence electrons. The molecule has 0 bridgehead atoms. The molecule has 1 heterocycles. The normalized spacial score (nSPS) is 29.7. The van der Waals surface area contributed by atoms with E-state index in [9.17, 15) is 0 Å². The molecule has 2 heteroatoms. The van der Waals surface area contributed by atoms with Gasteiger partial charge in [-0.2, -0.15) is 0 Å². The summed E-state index contributed by atoms with van der Waals surface area (Å²) in [6, 6.07) is 1.13. The Labute approximate surface area is 62.8 Å². The smallest absolute Gasteiger partial charge is 0.0586 e. The summed E-state index contributed by atoms with van der Waals surface area (Å²) in [4.78, 5) is 2.38. The van der Waals surface area contributed by atoms with Crippen LogP contribution in [0.25, 0.3) is 0 Å². The zero-order valence-corrected chi connectivity index (χ0v) is 6.88. The topological polar surface area (TPSA) is 23.5 Å². The number of likely N-dealkylation sites (tertiary alicyclic amines) is 1. The first-order valence-electron chi connectivity index (χ1n) is 4.16.